The zero-order valence-corrected chi connectivity index (χ0v) is 9.63. The van der Waals surface area contributed by atoms with Crippen molar-refractivity contribution in [3.05, 3.63) is 35.6 Å². The predicted molar refractivity (Wildman–Crippen MR) is 60.3 cm³/mol. The van der Waals surface area contributed by atoms with Gasteiger partial charge in [0.15, 0.2) is 9.84 Å². The highest BCUT2D eigenvalue weighted by Crippen LogP contribution is 2.17. The second-order valence-corrected chi connectivity index (χ2v) is 6.29. The van der Waals surface area contributed by atoms with E-state index in [9.17, 15) is 12.8 Å². The molecule has 1 unspecified atom stereocenters. The number of benzene rings is 1. The molecule has 1 atom stereocenters. The SMILES string of the molecule is O=S(=O)(Cc1ccccc1F)C1CCNC1. The first-order valence-corrected chi connectivity index (χ1v) is 6.97. The maximum absolute atomic E-state index is 13.3. The molecule has 1 aliphatic rings. The summed E-state index contributed by atoms with van der Waals surface area (Å²) in [6, 6.07) is 6.02. The molecule has 88 valence electrons. The van der Waals surface area contributed by atoms with Crippen LogP contribution in [-0.2, 0) is 15.6 Å². The predicted octanol–water partition coefficient (Wildman–Crippen LogP) is 1.10. The van der Waals surface area contributed by atoms with Gasteiger partial charge >= 0.3 is 0 Å². The molecule has 0 aromatic heterocycles. The van der Waals surface area contributed by atoms with Gasteiger partial charge in [-0.2, -0.15) is 0 Å². The first-order valence-electron chi connectivity index (χ1n) is 5.25. The molecule has 16 heavy (non-hydrogen) atoms. The van der Waals surface area contributed by atoms with E-state index in [1.807, 2.05) is 0 Å². The van der Waals surface area contributed by atoms with Crippen molar-refractivity contribution in [1.29, 1.82) is 0 Å². The van der Waals surface area contributed by atoms with Crippen molar-refractivity contribution in [3.8, 4) is 0 Å². The summed E-state index contributed by atoms with van der Waals surface area (Å²) >= 11 is 0. The smallest absolute Gasteiger partial charge is 0.158 e. The summed E-state index contributed by atoms with van der Waals surface area (Å²) in [4.78, 5) is 0. The van der Waals surface area contributed by atoms with Crippen LogP contribution in [0.4, 0.5) is 4.39 Å². The highest BCUT2D eigenvalue weighted by atomic mass is 32.2. The Labute approximate surface area is 94.6 Å². The van der Waals surface area contributed by atoms with E-state index in [4.69, 9.17) is 0 Å². The van der Waals surface area contributed by atoms with Gasteiger partial charge in [-0.05, 0) is 19.0 Å². The minimum Gasteiger partial charge on any atom is -0.315 e. The second-order valence-electron chi connectivity index (χ2n) is 4.01. The van der Waals surface area contributed by atoms with Gasteiger partial charge in [0, 0.05) is 12.1 Å². The van der Waals surface area contributed by atoms with Crippen LogP contribution in [0.15, 0.2) is 24.3 Å². The van der Waals surface area contributed by atoms with E-state index in [0.717, 1.165) is 6.54 Å². The van der Waals surface area contributed by atoms with Crippen LogP contribution in [0.1, 0.15) is 12.0 Å². The van der Waals surface area contributed by atoms with Gasteiger partial charge < -0.3 is 5.32 Å². The van der Waals surface area contributed by atoms with Gasteiger partial charge in [-0.25, -0.2) is 12.8 Å². The molecule has 1 aliphatic heterocycles. The fourth-order valence-electron chi connectivity index (χ4n) is 1.88. The van der Waals surface area contributed by atoms with Gasteiger partial charge in [0.1, 0.15) is 5.82 Å². The van der Waals surface area contributed by atoms with Crippen molar-refractivity contribution >= 4 is 9.84 Å². The summed E-state index contributed by atoms with van der Waals surface area (Å²) in [7, 11) is -3.24. The molecular formula is C11H14FNO2S. The maximum atomic E-state index is 13.3. The molecule has 0 saturated carbocycles. The number of hydrogen-bond acceptors (Lipinski definition) is 3. The number of rotatable bonds is 3. The lowest BCUT2D eigenvalue weighted by atomic mass is 10.2. The summed E-state index contributed by atoms with van der Waals surface area (Å²) in [5, 5.41) is 2.64. The van der Waals surface area contributed by atoms with Crippen molar-refractivity contribution in [2.45, 2.75) is 17.4 Å². The first-order chi connectivity index (χ1) is 7.59. The number of hydrogen-bond donors (Lipinski definition) is 1. The minimum absolute atomic E-state index is 0.202. The van der Waals surface area contributed by atoms with Crippen molar-refractivity contribution < 1.29 is 12.8 Å². The van der Waals surface area contributed by atoms with E-state index in [2.05, 4.69) is 5.32 Å². The van der Waals surface area contributed by atoms with Gasteiger partial charge in [0.25, 0.3) is 0 Å². The zero-order chi connectivity index (χ0) is 11.6. The Morgan fingerprint density at radius 2 is 2.12 bits per heavy atom. The van der Waals surface area contributed by atoms with E-state index in [1.54, 1.807) is 12.1 Å². The van der Waals surface area contributed by atoms with Gasteiger partial charge in [0.05, 0.1) is 11.0 Å². The molecule has 1 aromatic carbocycles. The monoisotopic (exact) mass is 243 g/mol. The highest BCUT2D eigenvalue weighted by molar-refractivity contribution is 7.91. The maximum Gasteiger partial charge on any atom is 0.158 e. The van der Waals surface area contributed by atoms with Crippen LogP contribution < -0.4 is 5.32 Å². The van der Waals surface area contributed by atoms with Gasteiger partial charge in [0.2, 0.25) is 0 Å². The van der Waals surface area contributed by atoms with Gasteiger partial charge in [-0.15, -0.1) is 0 Å². The Bertz CT molecular complexity index is 467. The van der Waals surface area contributed by atoms with Crippen molar-refractivity contribution in [1.82, 2.24) is 5.32 Å². The first kappa shape index (κ1) is 11.5. The molecule has 2 rings (SSSR count). The normalized spacial score (nSPS) is 21.2. The largest absolute Gasteiger partial charge is 0.315 e. The van der Waals surface area contributed by atoms with E-state index < -0.39 is 15.7 Å². The summed E-state index contributed by atoms with van der Waals surface area (Å²) in [5.74, 6) is -0.650. The zero-order valence-electron chi connectivity index (χ0n) is 8.82. The molecule has 1 N–H and O–H groups in total. The molecule has 0 aliphatic carbocycles. The van der Waals surface area contributed by atoms with Crippen LogP contribution in [-0.4, -0.2) is 26.8 Å². The fraction of sp³-hybridized carbons (Fsp3) is 0.455. The highest BCUT2D eigenvalue weighted by Gasteiger charge is 2.29. The van der Waals surface area contributed by atoms with Crippen LogP contribution in [0, 0.1) is 5.82 Å². The minimum atomic E-state index is -3.24. The Morgan fingerprint density at radius 3 is 2.75 bits per heavy atom. The Balaban J connectivity index is 2.18. The van der Waals surface area contributed by atoms with E-state index in [1.165, 1.54) is 12.1 Å². The number of sulfone groups is 1. The lowest BCUT2D eigenvalue weighted by Crippen LogP contribution is -2.25. The number of nitrogens with one attached hydrogen (secondary N) is 1. The molecule has 0 radical (unpaired) electrons. The molecule has 0 spiro atoms. The van der Waals surface area contributed by atoms with Crippen LogP contribution in [0.5, 0.6) is 0 Å². The molecule has 3 nitrogen and oxygen atoms in total. The standard InChI is InChI=1S/C11H14FNO2S/c12-11-4-2-1-3-9(11)8-16(14,15)10-5-6-13-7-10/h1-4,10,13H,5-8H2. The molecule has 0 amide bonds. The molecule has 1 aromatic rings. The third-order valence-electron chi connectivity index (χ3n) is 2.84. The Kier molecular flexibility index (Phi) is 3.25. The lowest BCUT2D eigenvalue weighted by molar-refractivity contribution is 0.576. The van der Waals surface area contributed by atoms with Crippen molar-refractivity contribution in [2.24, 2.45) is 0 Å². The van der Waals surface area contributed by atoms with E-state index in [-0.39, 0.29) is 16.6 Å². The molecule has 1 fully saturated rings. The quantitative estimate of drug-likeness (QED) is 0.864. The van der Waals surface area contributed by atoms with Crippen LogP contribution in [0.3, 0.4) is 0 Å². The number of halogens is 1. The third kappa shape index (κ3) is 2.41. The van der Waals surface area contributed by atoms with Crippen molar-refractivity contribution in [3.63, 3.8) is 0 Å². The summed E-state index contributed by atoms with van der Waals surface area (Å²) < 4.78 is 37.2. The molecular weight excluding hydrogens is 229 g/mol. The Morgan fingerprint density at radius 1 is 1.38 bits per heavy atom. The fourth-order valence-corrected chi connectivity index (χ4v) is 3.64. The van der Waals surface area contributed by atoms with Crippen LogP contribution in [0.25, 0.3) is 0 Å². The third-order valence-corrected chi connectivity index (χ3v) is 4.97. The van der Waals surface area contributed by atoms with Gasteiger partial charge in [-0.1, -0.05) is 18.2 Å². The Hall–Kier alpha value is -0.940. The molecule has 1 saturated heterocycles. The second kappa shape index (κ2) is 4.51. The lowest BCUT2D eigenvalue weighted by Gasteiger charge is -2.10. The summed E-state index contributed by atoms with van der Waals surface area (Å²) in [6.07, 6.45) is 0.622. The van der Waals surface area contributed by atoms with E-state index >= 15 is 0 Å². The summed E-state index contributed by atoms with van der Waals surface area (Å²) in [6.45, 7) is 1.21. The average Bonchev–Trinajstić information content (AvgIpc) is 2.75. The van der Waals surface area contributed by atoms with Gasteiger partial charge in [-0.3, -0.25) is 0 Å². The topological polar surface area (TPSA) is 46.2 Å². The van der Waals surface area contributed by atoms with Crippen LogP contribution >= 0.6 is 0 Å². The van der Waals surface area contributed by atoms with Crippen molar-refractivity contribution in [2.75, 3.05) is 13.1 Å². The summed E-state index contributed by atoms with van der Waals surface area (Å²) in [5.41, 5.74) is 0.259. The van der Waals surface area contributed by atoms with Crippen LogP contribution in [0.2, 0.25) is 0 Å². The molecule has 5 heteroatoms. The van der Waals surface area contributed by atoms with E-state index in [0.29, 0.717) is 13.0 Å². The molecule has 0 bridgehead atoms. The molecule has 1 heterocycles. The average molecular weight is 243 g/mol.